The number of carbonyl (C=O) groups is 4. The van der Waals surface area contributed by atoms with E-state index in [9.17, 15) is 24.3 Å². The normalized spacial score (nSPS) is 31.5. The van der Waals surface area contributed by atoms with Gasteiger partial charge in [0.05, 0.1) is 19.2 Å². The number of carbonyl (C=O) groups excluding carboxylic acids is 4. The van der Waals surface area contributed by atoms with Crippen LogP contribution in [-0.2, 0) is 39.8 Å². The summed E-state index contributed by atoms with van der Waals surface area (Å²) in [7, 11) is 6.01. The molecule has 2 saturated heterocycles. The maximum absolute atomic E-state index is 14.1. The van der Waals surface area contributed by atoms with Crippen LogP contribution in [0.15, 0.2) is 35.9 Å². The highest BCUT2D eigenvalue weighted by molar-refractivity contribution is 7.81. The maximum Gasteiger partial charge on any atom is 0.409 e. The van der Waals surface area contributed by atoms with E-state index in [1.54, 1.807) is 52.1 Å². The Labute approximate surface area is 322 Å². The van der Waals surface area contributed by atoms with Crippen molar-refractivity contribution in [1.82, 2.24) is 10.2 Å². The zero-order valence-electron chi connectivity index (χ0n) is 32.3. The van der Waals surface area contributed by atoms with Gasteiger partial charge in [0.15, 0.2) is 5.72 Å². The zero-order valence-corrected chi connectivity index (χ0v) is 33.9. The second-order valence-corrected chi connectivity index (χ2v) is 17.1. The molecule has 4 aliphatic rings. The predicted octanol–water partition coefficient (Wildman–Crippen LogP) is 5.15. The summed E-state index contributed by atoms with van der Waals surface area (Å²) in [5.41, 5.74) is -2.13. The van der Waals surface area contributed by atoms with Gasteiger partial charge in [0, 0.05) is 45.2 Å². The van der Waals surface area contributed by atoms with E-state index in [0.717, 1.165) is 11.1 Å². The highest BCUT2D eigenvalue weighted by atomic mass is 35.5. The van der Waals surface area contributed by atoms with Crippen molar-refractivity contribution in [3.8, 4) is 5.75 Å². The molecule has 2 unspecified atom stereocenters. The van der Waals surface area contributed by atoms with Crippen LogP contribution in [0.2, 0.25) is 5.02 Å². The van der Waals surface area contributed by atoms with E-state index in [1.165, 1.54) is 31.1 Å². The molecule has 53 heavy (non-hydrogen) atoms. The summed E-state index contributed by atoms with van der Waals surface area (Å²) in [6.45, 7) is 10.7. The van der Waals surface area contributed by atoms with Gasteiger partial charge in [-0.05, 0) is 58.2 Å². The number of halogens is 1. The average Bonchev–Trinajstić information content (AvgIpc) is 3.06. The van der Waals surface area contributed by atoms with Crippen molar-refractivity contribution in [2.24, 2.45) is 0 Å². The third kappa shape index (κ3) is 9.69. The first-order valence-corrected chi connectivity index (χ1v) is 18.5. The second kappa shape index (κ2) is 16.2. The summed E-state index contributed by atoms with van der Waals surface area (Å²) in [5.74, 6) is -1.06. The van der Waals surface area contributed by atoms with Crippen LogP contribution in [0.4, 0.5) is 10.5 Å². The first-order valence-electron chi connectivity index (χ1n) is 17.6. The van der Waals surface area contributed by atoms with Crippen molar-refractivity contribution in [2.45, 2.75) is 126 Å². The largest absolute Gasteiger partial charge is 0.495 e. The lowest BCUT2D eigenvalue weighted by Gasteiger charge is -2.59. The van der Waals surface area contributed by atoms with Gasteiger partial charge in [-0.15, -0.1) is 0 Å². The van der Waals surface area contributed by atoms with Gasteiger partial charge in [0.2, 0.25) is 11.8 Å². The fraction of sp³-hybridized carbons (Fsp3) is 0.632. The number of amides is 3. The number of hydrogen-bond acceptors (Lipinski definition) is 11. The average molecular weight is 780 g/mol. The fourth-order valence-corrected chi connectivity index (χ4v) is 7.53. The number of thiol groups is 1. The third-order valence-electron chi connectivity index (χ3n) is 10.4. The van der Waals surface area contributed by atoms with Crippen LogP contribution in [0.1, 0.15) is 79.2 Å². The molecule has 0 saturated carbocycles. The van der Waals surface area contributed by atoms with Crippen molar-refractivity contribution in [1.29, 1.82) is 0 Å². The van der Waals surface area contributed by atoms with Crippen molar-refractivity contribution in [3.05, 3.63) is 46.5 Å². The number of ether oxygens (including phenoxy) is 5. The van der Waals surface area contributed by atoms with Gasteiger partial charge < -0.3 is 38.6 Å². The van der Waals surface area contributed by atoms with Gasteiger partial charge in [-0.3, -0.25) is 14.9 Å². The number of nitrogens with zero attached hydrogens (tertiary/aromatic N) is 2. The van der Waals surface area contributed by atoms with Crippen LogP contribution in [0.5, 0.6) is 5.75 Å². The second-order valence-electron chi connectivity index (χ2n) is 15.5. The number of esters is 1. The summed E-state index contributed by atoms with van der Waals surface area (Å²) in [6, 6.07) is 2.59. The van der Waals surface area contributed by atoms with Crippen molar-refractivity contribution in [2.75, 3.05) is 33.2 Å². The van der Waals surface area contributed by atoms with Gasteiger partial charge in [-0.1, -0.05) is 49.2 Å². The van der Waals surface area contributed by atoms with Crippen LogP contribution in [0.25, 0.3) is 0 Å². The Bertz CT molecular complexity index is 1640. The highest BCUT2D eigenvalue weighted by Gasteiger charge is 2.63. The minimum atomic E-state index is -1.86. The minimum Gasteiger partial charge on any atom is -0.495 e. The molecule has 2 fully saturated rings. The number of rotatable bonds is 8. The van der Waals surface area contributed by atoms with E-state index >= 15 is 0 Å². The minimum absolute atomic E-state index is 0.0971. The lowest BCUT2D eigenvalue weighted by atomic mass is 9.72. The van der Waals surface area contributed by atoms with Crippen LogP contribution >= 0.6 is 24.2 Å². The number of nitrogens with one attached hydrogen (secondary N) is 1. The Kier molecular flexibility index (Phi) is 13.0. The summed E-state index contributed by atoms with van der Waals surface area (Å²) in [6.07, 6.45) is 2.21. The number of benzene rings is 1. The monoisotopic (exact) mass is 779 g/mol. The number of alkyl carbamates (subject to hydrolysis) is 1. The zero-order chi connectivity index (χ0) is 39.7. The Morgan fingerprint density at radius 3 is 2.49 bits per heavy atom. The molecule has 2 N–H and O–H groups in total. The number of methoxy groups -OCH3 is 2. The van der Waals surface area contributed by atoms with Crippen molar-refractivity contribution >= 4 is 53.8 Å². The standard InChI is InChI=1S/C38H54ClN3O10S/c1-22-12-11-13-27(49-10)38(47)20-29(51-34(46)40-38)37(6)21-36(5,52-37)28(50-33(45)23(2)41(7)30(43)14-15-35(3,4)53)19-31(44)42(8)25-17-24(16-22)18-26(48-9)32(25)39/h11-13,17-18,23,27-29,47,53H,14-16,19-21H2,1-10H3,(H,40,46)/b13-11+,22-12+/t23-,27+,28-,29?,36+,37?,38-/m0/s1. The van der Waals surface area contributed by atoms with Crippen LogP contribution in [-0.4, -0.2) is 108 Å². The number of anilines is 1. The van der Waals surface area contributed by atoms with Gasteiger partial charge in [-0.25, -0.2) is 9.59 Å². The number of fused-ring (bicyclic) bond motifs is 6. The molecule has 5 rings (SSSR count). The number of likely N-dealkylation sites (N-methyl/N-ethyl adjacent to an activating group) is 1. The molecule has 7 atom stereocenters. The Morgan fingerprint density at radius 2 is 1.89 bits per heavy atom. The van der Waals surface area contributed by atoms with E-state index in [4.69, 9.17) is 35.3 Å². The van der Waals surface area contributed by atoms with E-state index in [-0.39, 0.29) is 41.4 Å². The molecule has 4 heterocycles. The van der Waals surface area contributed by atoms with Gasteiger partial charge in [0.25, 0.3) is 0 Å². The Hall–Kier alpha value is -3.30. The molecule has 0 radical (unpaired) electrons. The molecule has 0 aromatic heterocycles. The third-order valence-corrected chi connectivity index (χ3v) is 11.0. The molecule has 3 amide bonds. The van der Waals surface area contributed by atoms with Gasteiger partial charge in [-0.2, -0.15) is 12.6 Å². The molecule has 15 heteroatoms. The first-order chi connectivity index (χ1) is 24.5. The number of aliphatic hydroxyl groups is 1. The summed E-state index contributed by atoms with van der Waals surface area (Å²) in [4.78, 5) is 56.5. The highest BCUT2D eigenvalue weighted by Crippen LogP contribution is 2.50. The van der Waals surface area contributed by atoms with Crippen LogP contribution < -0.4 is 15.0 Å². The van der Waals surface area contributed by atoms with E-state index < -0.39 is 59.3 Å². The van der Waals surface area contributed by atoms with E-state index in [2.05, 4.69) is 17.9 Å². The molecule has 1 aromatic carbocycles. The molecule has 0 aliphatic carbocycles. The lowest BCUT2D eigenvalue weighted by Crippen LogP contribution is -2.72. The Morgan fingerprint density at radius 1 is 1.23 bits per heavy atom. The molecule has 4 aliphatic heterocycles. The molecule has 13 nitrogen and oxygen atoms in total. The number of hydrogen-bond donors (Lipinski definition) is 3. The lowest BCUT2D eigenvalue weighted by molar-refractivity contribution is -0.328. The molecule has 294 valence electrons. The predicted molar refractivity (Wildman–Crippen MR) is 203 cm³/mol. The van der Waals surface area contributed by atoms with Crippen molar-refractivity contribution < 1.29 is 48.0 Å². The molecular formula is C38H54ClN3O10S. The van der Waals surface area contributed by atoms with Gasteiger partial charge >= 0.3 is 12.1 Å². The quantitative estimate of drug-likeness (QED) is 0.239. The Balaban J connectivity index is 1.74. The van der Waals surface area contributed by atoms with E-state index in [1.807, 2.05) is 26.8 Å². The molecule has 0 spiro atoms. The SMILES string of the molecule is COc1cc2cc(c1Cl)N(C)C(=O)C[C@H](OC(=O)[C@H](C)N(C)C(=O)CCC(C)(C)S)[C@@]1(C)CC(C)(O1)C1C[C@@](O)(NC(=O)O1)[C@H](OC)/C=C/C=C(\C)C2. The summed E-state index contributed by atoms with van der Waals surface area (Å²) >= 11 is 11.3. The maximum atomic E-state index is 14.1. The van der Waals surface area contributed by atoms with Gasteiger partial charge in [0.1, 0.15) is 46.3 Å². The van der Waals surface area contributed by atoms with Crippen LogP contribution in [0.3, 0.4) is 0 Å². The fourth-order valence-electron chi connectivity index (χ4n) is 7.10. The summed E-state index contributed by atoms with van der Waals surface area (Å²) in [5, 5.41) is 14.5. The topological polar surface area (TPSA) is 153 Å². The first kappa shape index (κ1) is 42.4. The molecule has 1 aromatic rings. The van der Waals surface area contributed by atoms with E-state index in [0.29, 0.717) is 24.3 Å². The smallest absolute Gasteiger partial charge is 0.409 e. The molecule has 6 bridgehead atoms. The summed E-state index contributed by atoms with van der Waals surface area (Å²) < 4.78 is 29.1. The number of allylic oxidation sites excluding steroid dienone is 3. The van der Waals surface area contributed by atoms with Crippen molar-refractivity contribution in [3.63, 3.8) is 0 Å². The molecular weight excluding hydrogens is 726 g/mol. The van der Waals surface area contributed by atoms with Crippen LogP contribution in [0, 0.1) is 0 Å².